The highest BCUT2D eigenvalue weighted by Crippen LogP contribution is 2.39. The molecule has 1 saturated heterocycles. The molecule has 6 heteroatoms. The molecular formula is C28H32N4O2. The van der Waals surface area contributed by atoms with Crippen LogP contribution in [0.25, 0.3) is 0 Å². The number of nitrogens with one attached hydrogen (secondary N) is 1. The van der Waals surface area contributed by atoms with E-state index in [-0.39, 0.29) is 5.92 Å². The van der Waals surface area contributed by atoms with Gasteiger partial charge in [-0.3, -0.25) is 10.3 Å². The Hall–Kier alpha value is -3.35. The number of methoxy groups -OCH3 is 2. The Morgan fingerprint density at radius 3 is 2.29 bits per heavy atom. The number of nitrogens with two attached hydrogens (primary N) is 1. The standard InChI is InChI=1S/C28H32N4O2/c1-33-23-10-8-21(9-11-23)27-25-13-12-24(34-2)18-26(25)28(29,31-30-27)22-14-16-32(17-15-22)19-20-6-4-3-5-7-20/h3-13,18,22,31H,14-17,19,29H2,1-2H3. The SMILES string of the molecule is COc1ccc(C2=NNC(N)(C3CCN(Cc4ccccc4)CC3)c3cc(OC)ccc32)cc1. The maximum absolute atomic E-state index is 7.14. The Morgan fingerprint density at radius 2 is 1.62 bits per heavy atom. The van der Waals surface area contributed by atoms with Crippen molar-refractivity contribution in [3.63, 3.8) is 0 Å². The van der Waals surface area contributed by atoms with Gasteiger partial charge in [-0.2, -0.15) is 5.10 Å². The zero-order chi connectivity index (χ0) is 23.5. The highest BCUT2D eigenvalue weighted by molar-refractivity contribution is 6.14. The van der Waals surface area contributed by atoms with Crippen molar-refractivity contribution in [2.24, 2.45) is 16.8 Å². The van der Waals surface area contributed by atoms with Crippen molar-refractivity contribution in [3.8, 4) is 11.5 Å². The molecule has 0 radical (unpaired) electrons. The van der Waals surface area contributed by atoms with Crippen LogP contribution in [0, 0.1) is 5.92 Å². The van der Waals surface area contributed by atoms with Crippen LogP contribution in [-0.4, -0.2) is 37.9 Å². The molecule has 5 rings (SSSR count). The van der Waals surface area contributed by atoms with Gasteiger partial charge in [0.25, 0.3) is 0 Å². The number of ether oxygens (including phenoxy) is 2. The van der Waals surface area contributed by atoms with Crippen LogP contribution in [0.4, 0.5) is 0 Å². The fraction of sp³-hybridized carbons (Fsp3) is 0.321. The van der Waals surface area contributed by atoms with E-state index in [4.69, 9.17) is 20.3 Å². The molecule has 0 spiro atoms. The summed E-state index contributed by atoms with van der Waals surface area (Å²) in [5.74, 6) is 1.87. The fourth-order valence-electron chi connectivity index (χ4n) is 5.14. The van der Waals surface area contributed by atoms with Gasteiger partial charge in [0, 0.05) is 29.2 Å². The van der Waals surface area contributed by atoms with Gasteiger partial charge >= 0.3 is 0 Å². The third-order valence-electron chi connectivity index (χ3n) is 7.12. The Kier molecular flexibility index (Phi) is 6.26. The average Bonchev–Trinajstić information content (AvgIpc) is 2.90. The van der Waals surface area contributed by atoms with E-state index in [1.54, 1.807) is 14.2 Å². The summed E-state index contributed by atoms with van der Waals surface area (Å²) in [7, 11) is 3.36. The van der Waals surface area contributed by atoms with E-state index in [0.717, 1.165) is 66.4 Å². The minimum absolute atomic E-state index is 0.256. The molecule has 0 amide bonds. The molecule has 34 heavy (non-hydrogen) atoms. The number of hydrazone groups is 1. The van der Waals surface area contributed by atoms with Gasteiger partial charge in [0.05, 0.1) is 19.9 Å². The molecule has 0 aromatic heterocycles. The van der Waals surface area contributed by atoms with Crippen LogP contribution in [0.5, 0.6) is 11.5 Å². The average molecular weight is 457 g/mol. The van der Waals surface area contributed by atoms with Crippen molar-refractivity contribution < 1.29 is 9.47 Å². The molecule has 0 saturated carbocycles. The first kappa shape index (κ1) is 22.4. The topological polar surface area (TPSA) is 72.1 Å². The molecule has 1 unspecified atom stereocenters. The first-order chi connectivity index (χ1) is 16.6. The van der Waals surface area contributed by atoms with Crippen molar-refractivity contribution in [1.82, 2.24) is 10.3 Å². The third kappa shape index (κ3) is 4.27. The number of nitrogens with zero attached hydrogens (tertiary/aromatic N) is 2. The van der Waals surface area contributed by atoms with Crippen molar-refractivity contribution in [2.45, 2.75) is 25.0 Å². The van der Waals surface area contributed by atoms with Crippen molar-refractivity contribution in [2.75, 3.05) is 27.3 Å². The normalized spacial score (nSPS) is 20.7. The zero-order valence-electron chi connectivity index (χ0n) is 19.8. The van der Waals surface area contributed by atoms with E-state index < -0.39 is 5.66 Å². The van der Waals surface area contributed by atoms with Crippen LogP contribution >= 0.6 is 0 Å². The fourth-order valence-corrected chi connectivity index (χ4v) is 5.14. The quantitative estimate of drug-likeness (QED) is 0.585. The van der Waals surface area contributed by atoms with Crippen molar-refractivity contribution in [3.05, 3.63) is 95.1 Å². The largest absolute Gasteiger partial charge is 0.497 e. The predicted molar refractivity (Wildman–Crippen MR) is 135 cm³/mol. The van der Waals surface area contributed by atoms with Gasteiger partial charge < -0.3 is 15.2 Å². The Bertz CT molecular complexity index is 1150. The van der Waals surface area contributed by atoms with E-state index in [9.17, 15) is 0 Å². The van der Waals surface area contributed by atoms with Crippen LogP contribution in [0.2, 0.25) is 0 Å². The molecule has 2 aliphatic heterocycles. The number of likely N-dealkylation sites (tertiary alicyclic amines) is 1. The number of benzene rings is 3. The summed E-state index contributed by atoms with van der Waals surface area (Å²) in [4.78, 5) is 2.51. The number of piperidine rings is 1. The van der Waals surface area contributed by atoms with E-state index in [2.05, 4.69) is 52.8 Å². The number of fused-ring (bicyclic) bond motifs is 1. The predicted octanol–water partition coefficient (Wildman–Crippen LogP) is 4.08. The van der Waals surface area contributed by atoms with Crippen LogP contribution in [-0.2, 0) is 12.2 Å². The zero-order valence-corrected chi connectivity index (χ0v) is 19.8. The summed E-state index contributed by atoms with van der Waals surface area (Å²) in [6, 6.07) is 24.7. The second kappa shape index (κ2) is 9.49. The molecule has 1 fully saturated rings. The van der Waals surface area contributed by atoms with Gasteiger partial charge in [-0.05, 0) is 74.0 Å². The maximum Gasteiger partial charge on any atom is 0.132 e. The summed E-state index contributed by atoms with van der Waals surface area (Å²) in [5.41, 5.74) is 15.1. The molecule has 176 valence electrons. The van der Waals surface area contributed by atoms with Gasteiger partial charge in [0.2, 0.25) is 0 Å². The van der Waals surface area contributed by atoms with Crippen LogP contribution in [0.1, 0.15) is 35.1 Å². The van der Waals surface area contributed by atoms with Gasteiger partial charge in [-0.1, -0.05) is 30.3 Å². The highest BCUT2D eigenvalue weighted by Gasteiger charge is 2.43. The molecule has 2 heterocycles. The molecule has 3 aromatic rings. The summed E-state index contributed by atoms with van der Waals surface area (Å²) in [6.45, 7) is 2.99. The lowest BCUT2D eigenvalue weighted by atomic mass is 9.77. The lowest BCUT2D eigenvalue weighted by Gasteiger charge is -2.45. The number of hydrogen-bond acceptors (Lipinski definition) is 6. The first-order valence-corrected chi connectivity index (χ1v) is 11.8. The second-order valence-electron chi connectivity index (χ2n) is 9.12. The smallest absolute Gasteiger partial charge is 0.132 e. The van der Waals surface area contributed by atoms with Gasteiger partial charge in [0.1, 0.15) is 17.2 Å². The van der Waals surface area contributed by atoms with Crippen LogP contribution in [0.15, 0.2) is 77.9 Å². The van der Waals surface area contributed by atoms with Gasteiger partial charge in [-0.15, -0.1) is 0 Å². The molecule has 0 aliphatic carbocycles. The van der Waals surface area contributed by atoms with E-state index in [1.165, 1.54) is 5.56 Å². The van der Waals surface area contributed by atoms with Crippen LogP contribution in [0.3, 0.4) is 0 Å². The summed E-state index contributed by atoms with van der Waals surface area (Å²) in [6.07, 6.45) is 2.00. The highest BCUT2D eigenvalue weighted by atomic mass is 16.5. The lowest BCUT2D eigenvalue weighted by molar-refractivity contribution is 0.102. The van der Waals surface area contributed by atoms with E-state index in [0.29, 0.717) is 0 Å². The van der Waals surface area contributed by atoms with E-state index >= 15 is 0 Å². The Morgan fingerprint density at radius 1 is 0.941 bits per heavy atom. The Balaban J connectivity index is 1.40. The summed E-state index contributed by atoms with van der Waals surface area (Å²) in [5, 5.41) is 4.81. The Labute approximate surface area is 201 Å². The first-order valence-electron chi connectivity index (χ1n) is 11.8. The lowest BCUT2D eigenvalue weighted by Crippen LogP contribution is -2.59. The molecule has 1 atom stereocenters. The van der Waals surface area contributed by atoms with Gasteiger partial charge in [-0.25, -0.2) is 0 Å². The third-order valence-corrected chi connectivity index (χ3v) is 7.12. The van der Waals surface area contributed by atoms with Crippen molar-refractivity contribution >= 4 is 5.71 Å². The monoisotopic (exact) mass is 456 g/mol. The maximum atomic E-state index is 7.14. The minimum atomic E-state index is -0.751. The summed E-state index contributed by atoms with van der Waals surface area (Å²) >= 11 is 0. The van der Waals surface area contributed by atoms with Crippen LogP contribution < -0.4 is 20.6 Å². The molecular weight excluding hydrogens is 424 g/mol. The number of rotatable bonds is 6. The summed E-state index contributed by atoms with van der Waals surface area (Å²) < 4.78 is 10.9. The van der Waals surface area contributed by atoms with E-state index in [1.807, 2.05) is 30.3 Å². The molecule has 0 bridgehead atoms. The second-order valence-corrected chi connectivity index (χ2v) is 9.12. The molecule has 2 aliphatic rings. The number of hydrogen-bond donors (Lipinski definition) is 2. The molecule has 3 aromatic carbocycles. The molecule has 3 N–H and O–H groups in total. The minimum Gasteiger partial charge on any atom is -0.497 e. The molecule has 6 nitrogen and oxygen atoms in total. The van der Waals surface area contributed by atoms with Gasteiger partial charge in [0.15, 0.2) is 0 Å². The van der Waals surface area contributed by atoms with Crippen molar-refractivity contribution in [1.29, 1.82) is 0 Å².